The summed E-state index contributed by atoms with van der Waals surface area (Å²) in [5.41, 5.74) is 3.40. The van der Waals surface area contributed by atoms with Crippen molar-refractivity contribution < 1.29 is 0 Å². The summed E-state index contributed by atoms with van der Waals surface area (Å²) in [5, 5.41) is 15.1. The summed E-state index contributed by atoms with van der Waals surface area (Å²) in [6.07, 6.45) is 2.60. The van der Waals surface area contributed by atoms with Gasteiger partial charge in [0.05, 0.1) is 6.54 Å². The molecule has 1 saturated heterocycles. The maximum Gasteiger partial charge on any atom is 0.183 e. The standard InChI is InChI=1S/C18H20N6S/c1-2-9-23(8-1)14-5-3-13(4-6-14)18-20-15(12-25-18)17-22-21-16-11-19-7-10-24(16)17/h3-6,12,19H,1-2,7-11H2. The number of nitrogens with zero attached hydrogens (tertiary/aromatic N) is 5. The highest BCUT2D eigenvalue weighted by Crippen LogP contribution is 2.30. The summed E-state index contributed by atoms with van der Waals surface area (Å²) in [7, 11) is 0. The Bertz CT molecular complexity index is 875. The van der Waals surface area contributed by atoms with Gasteiger partial charge in [-0.1, -0.05) is 0 Å². The van der Waals surface area contributed by atoms with Gasteiger partial charge >= 0.3 is 0 Å². The molecule has 1 N–H and O–H groups in total. The van der Waals surface area contributed by atoms with Crippen LogP contribution in [0.3, 0.4) is 0 Å². The molecular weight excluding hydrogens is 332 g/mol. The molecule has 2 aliphatic heterocycles. The fourth-order valence-corrected chi connectivity index (χ4v) is 4.39. The molecule has 2 aromatic heterocycles. The summed E-state index contributed by atoms with van der Waals surface area (Å²) >= 11 is 1.67. The molecule has 6 nitrogen and oxygen atoms in total. The van der Waals surface area contributed by atoms with Gasteiger partial charge in [0.15, 0.2) is 5.82 Å². The summed E-state index contributed by atoms with van der Waals surface area (Å²) in [6, 6.07) is 8.79. The van der Waals surface area contributed by atoms with E-state index >= 15 is 0 Å². The van der Waals surface area contributed by atoms with Crippen molar-refractivity contribution in [3.8, 4) is 22.1 Å². The molecule has 0 unspecified atom stereocenters. The molecule has 1 aromatic carbocycles. The molecule has 25 heavy (non-hydrogen) atoms. The third-order valence-corrected chi connectivity index (χ3v) is 5.83. The van der Waals surface area contributed by atoms with E-state index in [-0.39, 0.29) is 0 Å². The van der Waals surface area contributed by atoms with E-state index in [1.807, 2.05) is 0 Å². The zero-order valence-electron chi connectivity index (χ0n) is 14.0. The molecule has 4 heterocycles. The Morgan fingerprint density at radius 2 is 1.84 bits per heavy atom. The number of anilines is 1. The molecule has 0 bridgehead atoms. The molecule has 1 fully saturated rings. The van der Waals surface area contributed by atoms with Gasteiger partial charge in [0.2, 0.25) is 0 Å². The minimum atomic E-state index is 0.780. The van der Waals surface area contributed by atoms with Crippen LogP contribution in [0.4, 0.5) is 5.69 Å². The average Bonchev–Trinajstić information content (AvgIpc) is 3.41. The Kier molecular flexibility index (Phi) is 3.75. The number of hydrogen-bond acceptors (Lipinski definition) is 6. The van der Waals surface area contributed by atoms with E-state index in [1.165, 1.54) is 37.2 Å². The van der Waals surface area contributed by atoms with E-state index in [2.05, 4.69) is 54.6 Å². The number of nitrogens with one attached hydrogen (secondary N) is 1. The van der Waals surface area contributed by atoms with Crippen LogP contribution in [-0.4, -0.2) is 39.4 Å². The molecule has 0 spiro atoms. The molecule has 2 aliphatic rings. The van der Waals surface area contributed by atoms with Gasteiger partial charge in [-0.25, -0.2) is 4.98 Å². The van der Waals surface area contributed by atoms with Gasteiger partial charge in [0.25, 0.3) is 0 Å². The van der Waals surface area contributed by atoms with Crippen LogP contribution in [0, 0.1) is 0 Å². The first-order chi connectivity index (χ1) is 12.4. The number of rotatable bonds is 3. The van der Waals surface area contributed by atoms with Crippen molar-refractivity contribution in [2.24, 2.45) is 0 Å². The minimum Gasteiger partial charge on any atom is -0.372 e. The number of fused-ring (bicyclic) bond motifs is 1. The van der Waals surface area contributed by atoms with Gasteiger partial charge in [-0.05, 0) is 37.1 Å². The van der Waals surface area contributed by atoms with E-state index < -0.39 is 0 Å². The lowest BCUT2D eigenvalue weighted by molar-refractivity contribution is 0.508. The number of benzene rings is 1. The van der Waals surface area contributed by atoms with Crippen molar-refractivity contribution in [2.45, 2.75) is 25.9 Å². The summed E-state index contributed by atoms with van der Waals surface area (Å²) in [4.78, 5) is 7.27. The molecule has 0 atom stereocenters. The van der Waals surface area contributed by atoms with Gasteiger partial charge in [0, 0.05) is 42.8 Å². The Hall–Kier alpha value is -2.25. The maximum absolute atomic E-state index is 4.82. The van der Waals surface area contributed by atoms with Gasteiger partial charge in [-0.2, -0.15) is 0 Å². The van der Waals surface area contributed by atoms with Crippen molar-refractivity contribution in [1.29, 1.82) is 0 Å². The van der Waals surface area contributed by atoms with Crippen LogP contribution in [-0.2, 0) is 13.1 Å². The first-order valence-electron chi connectivity index (χ1n) is 8.82. The Morgan fingerprint density at radius 1 is 1.00 bits per heavy atom. The lowest BCUT2D eigenvalue weighted by Gasteiger charge is -2.17. The van der Waals surface area contributed by atoms with E-state index in [9.17, 15) is 0 Å². The highest BCUT2D eigenvalue weighted by Gasteiger charge is 2.19. The zero-order chi connectivity index (χ0) is 16.6. The van der Waals surface area contributed by atoms with E-state index in [1.54, 1.807) is 11.3 Å². The largest absolute Gasteiger partial charge is 0.372 e. The van der Waals surface area contributed by atoms with Gasteiger partial charge in [0.1, 0.15) is 16.5 Å². The minimum absolute atomic E-state index is 0.780. The quantitative estimate of drug-likeness (QED) is 0.785. The van der Waals surface area contributed by atoms with Crippen LogP contribution in [0.15, 0.2) is 29.6 Å². The first kappa shape index (κ1) is 15.0. The third kappa shape index (κ3) is 2.73. The lowest BCUT2D eigenvalue weighted by Crippen LogP contribution is -2.28. The molecule has 7 heteroatoms. The monoisotopic (exact) mass is 352 g/mol. The molecule has 128 valence electrons. The topological polar surface area (TPSA) is 58.9 Å². The normalized spacial score (nSPS) is 17.0. The van der Waals surface area contributed by atoms with Crippen LogP contribution in [0.25, 0.3) is 22.1 Å². The summed E-state index contributed by atoms with van der Waals surface area (Å²) < 4.78 is 2.17. The average molecular weight is 352 g/mol. The van der Waals surface area contributed by atoms with Crippen LogP contribution in [0.5, 0.6) is 0 Å². The summed E-state index contributed by atoms with van der Waals surface area (Å²) in [6.45, 7) is 4.98. The van der Waals surface area contributed by atoms with E-state index in [0.717, 1.165) is 42.0 Å². The predicted octanol–water partition coefficient (Wildman–Crippen LogP) is 2.77. The SMILES string of the molecule is c1cc(N2CCCC2)ccc1-c1nc(-c2nnc3n2CCNC3)cs1. The Balaban J connectivity index is 1.41. The first-order valence-corrected chi connectivity index (χ1v) is 9.70. The highest BCUT2D eigenvalue weighted by atomic mass is 32.1. The number of thiazole rings is 1. The highest BCUT2D eigenvalue weighted by molar-refractivity contribution is 7.13. The maximum atomic E-state index is 4.82. The van der Waals surface area contributed by atoms with Gasteiger partial charge in [-0.3, -0.25) is 0 Å². The van der Waals surface area contributed by atoms with Crippen molar-refractivity contribution in [3.63, 3.8) is 0 Å². The molecule has 0 saturated carbocycles. The molecule has 3 aromatic rings. The lowest BCUT2D eigenvalue weighted by atomic mass is 10.2. The molecule has 0 amide bonds. The molecular formula is C18H20N6S. The molecule has 5 rings (SSSR count). The van der Waals surface area contributed by atoms with Crippen LogP contribution >= 0.6 is 11.3 Å². The fourth-order valence-electron chi connectivity index (χ4n) is 3.58. The van der Waals surface area contributed by atoms with Crippen molar-refractivity contribution in [3.05, 3.63) is 35.5 Å². The van der Waals surface area contributed by atoms with Crippen molar-refractivity contribution in [1.82, 2.24) is 25.1 Å². The second-order valence-electron chi connectivity index (χ2n) is 6.55. The van der Waals surface area contributed by atoms with Gasteiger partial charge < -0.3 is 14.8 Å². The summed E-state index contributed by atoms with van der Waals surface area (Å²) in [5.74, 6) is 1.87. The Labute approximate surface area is 150 Å². The molecule has 0 aliphatic carbocycles. The third-order valence-electron chi connectivity index (χ3n) is 4.94. The molecule has 0 radical (unpaired) electrons. The van der Waals surface area contributed by atoms with Crippen LogP contribution in [0.2, 0.25) is 0 Å². The number of hydrogen-bond donors (Lipinski definition) is 1. The number of aromatic nitrogens is 4. The second kappa shape index (κ2) is 6.24. The van der Waals surface area contributed by atoms with Crippen LogP contribution in [0.1, 0.15) is 18.7 Å². The smallest absolute Gasteiger partial charge is 0.183 e. The fraction of sp³-hybridized carbons (Fsp3) is 0.389. The van der Waals surface area contributed by atoms with Crippen molar-refractivity contribution >= 4 is 17.0 Å². The van der Waals surface area contributed by atoms with Crippen molar-refractivity contribution in [2.75, 3.05) is 24.5 Å². The predicted molar refractivity (Wildman–Crippen MR) is 99.7 cm³/mol. The van der Waals surface area contributed by atoms with Gasteiger partial charge in [-0.15, -0.1) is 21.5 Å². The van der Waals surface area contributed by atoms with E-state index in [4.69, 9.17) is 4.98 Å². The van der Waals surface area contributed by atoms with Crippen LogP contribution < -0.4 is 10.2 Å². The zero-order valence-corrected chi connectivity index (χ0v) is 14.8. The second-order valence-corrected chi connectivity index (χ2v) is 7.41. The Morgan fingerprint density at radius 3 is 2.68 bits per heavy atom. The van der Waals surface area contributed by atoms with E-state index in [0.29, 0.717) is 0 Å².